The van der Waals surface area contributed by atoms with Gasteiger partial charge in [-0.05, 0) is 13.8 Å². The quantitative estimate of drug-likeness (QED) is 0.250. The minimum atomic E-state index is -0.125. The van der Waals surface area contributed by atoms with Gasteiger partial charge in [-0.15, -0.1) is 0 Å². The molecule has 0 aromatic heterocycles. The van der Waals surface area contributed by atoms with Gasteiger partial charge in [0.15, 0.2) is 5.78 Å². The van der Waals surface area contributed by atoms with Crippen LogP contribution >= 0.6 is 0 Å². The van der Waals surface area contributed by atoms with Crippen LogP contribution in [0.1, 0.15) is 13.8 Å². The first-order valence-corrected chi connectivity index (χ1v) is 2.41. The molecule has 0 heterocycles. The Kier molecular flexibility index (Phi) is 42.1. The zero-order valence-electron chi connectivity index (χ0n) is 6.58. The molecule has 12 heavy (non-hydrogen) atoms. The van der Waals surface area contributed by atoms with Crippen molar-refractivity contribution in [2.24, 2.45) is 0 Å². The molecular formula is C7H8O4Rh. The van der Waals surface area contributed by atoms with E-state index < -0.39 is 0 Å². The zero-order valence-corrected chi connectivity index (χ0v) is 8.22. The van der Waals surface area contributed by atoms with Crippen molar-refractivity contribution in [3.63, 3.8) is 0 Å². The van der Waals surface area contributed by atoms with E-state index in [1.807, 2.05) is 0 Å². The summed E-state index contributed by atoms with van der Waals surface area (Å²) in [6, 6.07) is 0. The predicted octanol–water partition coefficient (Wildman–Crippen LogP) is 0.960. The molecule has 0 aliphatic rings. The second-order valence-corrected chi connectivity index (χ2v) is 1.40. The van der Waals surface area contributed by atoms with Crippen molar-refractivity contribution in [2.45, 2.75) is 13.8 Å². The third-order valence-corrected chi connectivity index (χ3v) is 0.412. The van der Waals surface area contributed by atoms with Crippen molar-refractivity contribution in [2.75, 3.05) is 0 Å². The van der Waals surface area contributed by atoms with Crippen LogP contribution in [0.5, 0.6) is 0 Å². The first-order chi connectivity index (χ1) is 5.13. The molecule has 0 bridgehead atoms. The van der Waals surface area contributed by atoms with Crippen LogP contribution in [-0.2, 0) is 33.6 Å². The van der Waals surface area contributed by atoms with Crippen molar-refractivity contribution in [3.8, 4) is 0 Å². The van der Waals surface area contributed by atoms with E-state index in [0.29, 0.717) is 0 Å². The van der Waals surface area contributed by atoms with E-state index in [9.17, 15) is 4.79 Å². The van der Waals surface area contributed by atoms with E-state index in [1.54, 1.807) is 0 Å². The molecule has 0 aliphatic carbocycles. The van der Waals surface area contributed by atoms with Crippen molar-refractivity contribution < 1.29 is 38.7 Å². The van der Waals surface area contributed by atoms with Crippen molar-refractivity contribution >= 4 is 5.78 Å². The normalized spacial score (nSPS) is 7.00. The minimum Gasteiger partial charge on any atom is 0 e. The summed E-state index contributed by atoms with van der Waals surface area (Å²) in [5.41, 5.74) is 0. The topological polar surface area (TPSA) is 77.1 Å². The number of hydrogen-bond acceptors (Lipinski definition) is 2. The summed E-state index contributed by atoms with van der Waals surface area (Å²) in [5.74, 6) is -0.0625. The number of carbonyl (C=O) groups is 1. The summed E-state index contributed by atoms with van der Waals surface area (Å²) in [5, 5.41) is 8.36. The fourth-order valence-corrected chi connectivity index (χ4v) is 0.294. The molecule has 0 saturated carbocycles. The third kappa shape index (κ3) is 58.6. The Morgan fingerprint density at radius 2 is 1.50 bits per heavy atom. The predicted molar refractivity (Wildman–Crippen MR) is 34.9 cm³/mol. The summed E-state index contributed by atoms with van der Waals surface area (Å²) >= 11 is 0. The summed E-state index contributed by atoms with van der Waals surface area (Å²) in [6.07, 6.45) is 1.17. The first-order valence-electron chi connectivity index (χ1n) is 2.41. The fourth-order valence-electron chi connectivity index (χ4n) is 0.294. The van der Waals surface area contributed by atoms with Crippen LogP contribution < -0.4 is 0 Å². The Labute approximate surface area is 83.9 Å². The molecule has 0 fully saturated rings. The van der Waals surface area contributed by atoms with Gasteiger partial charge in [-0.25, -0.2) is 0 Å². The molecule has 5 heteroatoms. The Morgan fingerprint density at radius 1 is 1.25 bits per heavy atom. The number of rotatable bonds is 1. The summed E-state index contributed by atoms with van der Waals surface area (Å²) in [6.45, 7) is 11.8. The van der Waals surface area contributed by atoms with Gasteiger partial charge >= 0.3 is 22.6 Å². The molecule has 0 saturated heterocycles. The Morgan fingerprint density at radius 3 is 1.50 bits per heavy atom. The van der Waals surface area contributed by atoms with Gasteiger partial charge in [-0.1, -0.05) is 0 Å². The summed E-state index contributed by atoms with van der Waals surface area (Å²) in [7, 11) is 0. The average Bonchev–Trinajstić information content (AvgIpc) is 1.93. The van der Waals surface area contributed by atoms with Crippen LogP contribution in [0.25, 0.3) is 0 Å². The first kappa shape index (κ1) is 22.5. The van der Waals surface area contributed by atoms with Gasteiger partial charge in [-0.2, -0.15) is 0 Å². The van der Waals surface area contributed by atoms with Crippen molar-refractivity contribution in [1.29, 1.82) is 0 Å². The number of hydrogen-bond donors (Lipinski definition) is 1. The summed E-state index contributed by atoms with van der Waals surface area (Å²) in [4.78, 5) is 10.0. The molecule has 0 spiro atoms. The second-order valence-electron chi connectivity index (χ2n) is 1.40. The number of aliphatic hydroxyl groups is 1. The van der Waals surface area contributed by atoms with Crippen LogP contribution in [0, 0.1) is 13.3 Å². The number of carbonyl (C=O) groups excluding carboxylic acids is 1. The summed E-state index contributed by atoms with van der Waals surface area (Å²) < 4.78 is 15.0. The molecule has 69 valence electrons. The maximum absolute atomic E-state index is 10.0. The van der Waals surface area contributed by atoms with Crippen molar-refractivity contribution in [3.05, 3.63) is 25.1 Å². The van der Waals surface area contributed by atoms with Crippen LogP contribution in [0.3, 0.4) is 0 Å². The van der Waals surface area contributed by atoms with Crippen LogP contribution in [-0.4, -0.2) is 10.9 Å². The Bertz CT molecular complexity index is 159. The maximum atomic E-state index is 10.0. The molecule has 0 aromatic rings. The number of aliphatic hydroxyl groups excluding tert-OH is 1. The SMILES string of the molecule is CC(=O)/C=C(\C)O.[C-]#[O+].[C-]#[O+].[Rh]. The molecular weight excluding hydrogens is 251 g/mol. The third-order valence-electron chi connectivity index (χ3n) is 0.412. The van der Waals surface area contributed by atoms with E-state index >= 15 is 0 Å². The molecule has 4 nitrogen and oxygen atoms in total. The molecule has 0 aromatic carbocycles. The average molecular weight is 259 g/mol. The van der Waals surface area contributed by atoms with Gasteiger partial charge < -0.3 is 5.11 Å². The van der Waals surface area contributed by atoms with E-state index in [1.165, 1.54) is 19.9 Å². The van der Waals surface area contributed by atoms with E-state index in [4.69, 9.17) is 14.4 Å². The Balaban J connectivity index is -0.0000000560. The van der Waals surface area contributed by atoms with Gasteiger partial charge in [0, 0.05) is 25.6 Å². The van der Waals surface area contributed by atoms with Gasteiger partial charge in [0.2, 0.25) is 0 Å². The van der Waals surface area contributed by atoms with Crippen LogP contribution in [0.4, 0.5) is 0 Å². The maximum Gasteiger partial charge on any atom is 0 e. The van der Waals surface area contributed by atoms with Gasteiger partial charge in [0.25, 0.3) is 0 Å². The monoisotopic (exact) mass is 259 g/mol. The molecule has 0 aliphatic heterocycles. The van der Waals surface area contributed by atoms with E-state index in [0.717, 1.165) is 0 Å². The van der Waals surface area contributed by atoms with Gasteiger partial charge in [0.05, 0.1) is 5.76 Å². The Hall–Kier alpha value is -0.687. The van der Waals surface area contributed by atoms with Gasteiger partial charge in [-0.3, -0.25) is 4.79 Å². The molecule has 0 rings (SSSR count). The second kappa shape index (κ2) is 22.4. The van der Waals surface area contributed by atoms with Crippen LogP contribution in [0.15, 0.2) is 11.8 Å². The number of ketones is 1. The number of allylic oxidation sites excluding steroid dienone is 2. The molecule has 1 radical (unpaired) electrons. The molecule has 0 atom stereocenters. The molecule has 1 N–H and O–H groups in total. The largest absolute Gasteiger partial charge is 0 e. The zero-order chi connectivity index (χ0) is 9.86. The smallest absolute Gasteiger partial charge is 0 e. The van der Waals surface area contributed by atoms with E-state index in [2.05, 4.69) is 13.3 Å². The molecule has 0 amide bonds. The minimum absolute atomic E-state index is 0. The van der Waals surface area contributed by atoms with Crippen LogP contribution in [0.2, 0.25) is 0 Å². The standard InChI is InChI=1S/C5H8O2.2CO.Rh/c1-4(6)3-5(2)7;2*1-2;/h3,6H,1-2H3;;;/b4-3+;;;. The van der Waals surface area contributed by atoms with Gasteiger partial charge in [0.1, 0.15) is 0 Å². The molecule has 0 unspecified atom stereocenters. The van der Waals surface area contributed by atoms with Crippen molar-refractivity contribution in [1.82, 2.24) is 0 Å². The fraction of sp³-hybridized carbons (Fsp3) is 0.286. The van der Waals surface area contributed by atoms with E-state index in [-0.39, 0.29) is 31.0 Å².